The number of benzene rings is 1. The van der Waals surface area contributed by atoms with Crippen LogP contribution in [0.4, 0.5) is 21.7 Å². The van der Waals surface area contributed by atoms with Crippen molar-refractivity contribution in [2.45, 2.75) is 18.9 Å². The Morgan fingerprint density at radius 1 is 1.11 bits per heavy atom. The molecule has 0 spiro atoms. The number of rotatable bonds is 4. The van der Waals surface area contributed by atoms with E-state index < -0.39 is 0 Å². The summed E-state index contributed by atoms with van der Waals surface area (Å²) in [6.45, 7) is 5.25. The van der Waals surface area contributed by atoms with Crippen molar-refractivity contribution in [3.63, 3.8) is 0 Å². The van der Waals surface area contributed by atoms with Crippen LogP contribution in [0.5, 0.6) is 0 Å². The minimum absolute atomic E-state index is 0.0898. The quantitative estimate of drug-likeness (QED) is 0.858. The van der Waals surface area contributed by atoms with Gasteiger partial charge in [0.2, 0.25) is 11.2 Å². The average molecular weight is 393 g/mol. The van der Waals surface area contributed by atoms with E-state index in [0.717, 1.165) is 52.2 Å². The molecule has 0 saturated carbocycles. The molecular formula is C18H22ClFN6O. The number of nitrogens with zero attached hydrogens (tertiary/aromatic N) is 5. The smallest absolute Gasteiger partial charge is 0.231 e. The highest BCUT2D eigenvalue weighted by atomic mass is 35.5. The van der Waals surface area contributed by atoms with E-state index >= 15 is 0 Å². The van der Waals surface area contributed by atoms with Crippen LogP contribution in [-0.2, 0) is 4.74 Å². The maximum Gasteiger partial charge on any atom is 0.231 e. The van der Waals surface area contributed by atoms with Crippen molar-refractivity contribution in [3.05, 3.63) is 35.6 Å². The van der Waals surface area contributed by atoms with Crippen LogP contribution < -0.4 is 10.2 Å². The molecule has 2 aliphatic rings. The van der Waals surface area contributed by atoms with Crippen LogP contribution in [0.3, 0.4) is 0 Å². The van der Waals surface area contributed by atoms with Crippen LogP contribution in [0.2, 0.25) is 5.28 Å². The van der Waals surface area contributed by atoms with Gasteiger partial charge in [-0.3, -0.25) is 4.90 Å². The van der Waals surface area contributed by atoms with Crippen LogP contribution in [0.15, 0.2) is 24.5 Å². The number of anilines is 3. The first-order valence-corrected chi connectivity index (χ1v) is 9.55. The number of aromatic nitrogens is 3. The van der Waals surface area contributed by atoms with E-state index in [1.54, 1.807) is 6.07 Å². The van der Waals surface area contributed by atoms with Crippen molar-refractivity contribution < 1.29 is 9.13 Å². The summed E-state index contributed by atoms with van der Waals surface area (Å²) >= 11 is 5.74. The van der Waals surface area contributed by atoms with Crippen molar-refractivity contribution in [1.29, 1.82) is 0 Å². The molecule has 0 unspecified atom stereocenters. The van der Waals surface area contributed by atoms with E-state index in [4.69, 9.17) is 16.3 Å². The van der Waals surface area contributed by atoms with Crippen molar-refractivity contribution in [3.8, 4) is 0 Å². The minimum atomic E-state index is -0.264. The monoisotopic (exact) mass is 392 g/mol. The first kappa shape index (κ1) is 18.3. The Kier molecular flexibility index (Phi) is 5.66. The summed E-state index contributed by atoms with van der Waals surface area (Å²) < 4.78 is 20.1. The predicted molar refractivity (Wildman–Crippen MR) is 102 cm³/mol. The van der Waals surface area contributed by atoms with Gasteiger partial charge in [-0.15, -0.1) is 0 Å². The molecule has 2 fully saturated rings. The van der Waals surface area contributed by atoms with Gasteiger partial charge < -0.3 is 15.0 Å². The standard InChI is InChI=1S/C18H22ClFN6O/c19-17-21-12-22-18(24-17)23-13-1-2-16(15(20)11-13)26-7-5-25(6-8-26)14-3-9-27-10-4-14/h1-2,11-12,14H,3-10H2,(H,21,22,23,24). The Balaban J connectivity index is 1.38. The second-order valence-corrected chi connectivity index (χ2v) is 7.07. The van der Waals surface area contributed by atoms with Crippen molar-refractivity contribution in [1.82, 2.24) is 19.9 Å². The lowest BCUT2D eigenvalue weighted by atomic mass is 10.1. The average Bonchev–Trinajstić information content (AvgIpc) is 2.69. The number of hydrogen-bond acceptors (Lipinski definition) is 7. The molecule has 7 nitrogen and oxygen atoms in total. The van der Waals surface area contributed by atoms with Gasteiger partial charge in [0.25, 0.3) is 0 Å². The lowest BCUT2D eigenvalue weighted by Gasteiger charge is -2.41. The largest absolute Gasteiger partial charge is 0.381 e. The fraction of sp³-hybridized carbons (Fsp3) is 0.500. The molecule has 0 bridgehead atoms. The second kappa shape index (κ2) is 8.33. The molecule has 2 aliphatic heterocycles. The second-order valence-electron chi connectivity index (χ2n) is 6.74. The summed E-state index contributed by atoms with van der Waals surface area (Å²) in [6.07, 6.45) is 3.49. The fourth-order valence-electron chi connectivity index (χ4n) is 3.69. The molecule has 1 aromatic carbocycles. The van der Waals surface area contributed by atoms with Gasteiger partial charge in [0.15, 0.2) is 0 Å². The molecule has 2 saturated heterocycles. The van der Waals surface area contributed by atoms with E-state index in [9.17, 15) is 4.39 Å². The molecule has 9 heteroatoms. The van der Waals surface area contributed by atoms with Gasteiger partial charge in [-0.2, -0.15) is 4.98 Å². The molecule has 0 atom stereocenters. The van der Waals surface area contributed by atoms with Gasteiger partial charge in [-0.05, 0) is 42.6 Å². The molecule has 0 radical (unpaired) electrons. The summed E-state index contributed by atoms with van der Waals surface area (Å²) in [4.78, 5) is 16.3. The van der Waals surface area contributed by atoms with Crippen LogP contribution in [0.25, 0.3) is 0 Å². The molecule has 27 heavy (non-hydrogen) atoms. The summed E-state index contributed by atoms with van der Waals surface area (Å²) in [5.74, 6) is 0.0203. The first-order valence-electron chi connectivity index (χ1n) is 9.17. The minimum Gasteiger partial charge on any atom is -0.381 e. The SMILES string of the molecule is Fc1cc(Nc2ncnc(Cl)n2)ccc1N1CCN(C2CCOCC2)CC1. The third kappa shape index (κ3) is 4.45. The highest BCUT2D eigenvalue weighted by Gasteiger charge is 2.26. The third-order valence-corrected chi connectivity index (χ3v) is 5.29. The van der Waals surface area contributed by atoms with Crippen molar-refractivity contribution in [2.24, 2.45) is 0 Å². The molecule has 1 aromatic heterocycles. The van der Waals surface area contributed by atoms with Gasteiger partial charge >= 0.3 is 0 Å². The molecular weight excluding hydrogens is 371 g/mol. The topological polar surface area (TPSA) is 66.4 Å². The van der Waals surface area contributed by atoms with E-state index in [0.29, 0.717) is 17.4 Å². The third-order valence-electron chi connectivity index (χ3n) is 5.11. The number of hydrogen-bond donors (Lipinski definition) is 1. The molecule has 1 N–H and O–H groups in total. The van der Waals surface area contributed by atoms with Gasteiger partial charge in [-0.25, -0.2) is 14.4 Å². The van der Waals surface area contributed by atoms with E-state index in [1.807, 2.05) is 6.07 Å². The number of piperazine rings is 1. The van der Waals surface area contributed by atoms with Gasteiger partial charge in [0, 0.05) is 51.1 Å². The summed E-state index contributed by atoms with van der Waals surface area (Å²) in [5, 5.41) is 3.03. The predicted octanol–water partition coefficient (Wildman–Crippen LogP) is 2.71. The highest BCUT2D eigenvalue weighted by molar-refractivity contribution is 6.28. The maximum absolute atomic E-state index is 14.7. The van der Waals surface area contributed by atoms with Crippen LogP contribution >= 0.6 is 11.6 Å². The van der Waals surface area contributed by atoms with Crippen LogP contribution in [-0.4, -0.2) is 65.3 Å². The Hall–Kier alpha value is -2.03. The highest BCUT2D eigenvalue weighted by Crippen LogP contribution is 2.26. The van der Waals surface area contributed by atoms with Gasteiger partial charge in [0.1, 0.15) is 12.1 Å². The summed E-state index contributed by atoms with van der Waals surface area (Å²) in [7, 11) is 0. The zero-order valence-electron chi connectivity index (χ0n) is 14.9. The van der Waals surface area contributed by atoms with Crippen LogP contribution in [0, 0.1) is 5.82 Å². The van der Waals surface area contributed by atoms with Gasteiger partial charge in [-0.1, -0.05) is 0 Å². The molecule has 0 aliphatic carbocycles. The Morgan fingerprint density at radius 2 is 1.89 bits per heavy atom. The van der Waals surface area contributed by atoms with Crippen molar-refractivity contribution in [2.75, 3.05) is 49.6 Å². The zero-order chi connectivity index (χ0) is 18.6. The van der Waals surface area contributed by atoms with E-state index in [-0.39, 0.29) is 17.0 Å². The molecule has 3 heterocycles. The van der Waals surface area contributed by atoms with E-state index in [1.165, 1.54) is 12.4 Å². The first-order chi connectivity index (χ1) is 13.2. The number of nitrogens with one attached hydrogen (secondary N) is 1. The zero-order valence-corrected chi connectivity index (χ0v) is 15.7. The lowest BCUT2D eigenvalue weighted by molar-refractivity contribution is 0.0321. The summed E-state index contributed by atoms with van der Waals surface area (Å²) in [5.41, 5.74) is 1.19. The maximum atomic E-state index is 14.7. The molecule has 4 rings (SSSR count). The number of halogens is 2. The molecule has 144 valence electrons. The van der Waals surface area contributed by atoms with E-state index in [2.05, 4.69) is 30.1 Å². The Bertz CT molecular complexity index is 780. The lowest BCUT2D eigenvalue weighted by Crippen LogP contribution is -2.51. The Morgan fingerprint density at radius 3 is 2.59 bits per heavy atom. The summed E-state index contributed by atoms with van der Waals surface area (Å²) in [6, 6.07) is 5.67. The Labute approximate surface area is 162 Å². The normalized spacial score (nSPS) is 19.3. The molecule has 2 aromatic rings. The molecule has 0 amide bonds. The number of ether oxygens (including phenoxy) is 1. The fourth-order valence-corrected chi connectivity index (χ4v) is 3.81. The van der Waals surface area contributed by atoms with Crippen LogP contribution in [0.1, 0.15) is 12.8 Å². The van der Waals surface area contributed by atoms with Crippen molar-refractivity contribution >= 4 is 28.9 Å². The van der Waals surface area contributed by atoms with Gasteiger partial charge in [0.05, 0.1) is 5.69 Å².